The topological polar surface area (TPSA) is 62.1 Å². The molecule has 4 nitrogen and oxygen atoms in total. The maximum absolute atomic E-state index is 13.5. The molecule has 1 atom stereocenters. The molecule has 1 aromatic carbocycles. The van der Waals surface area contributed by atoms with E-state index in [0.717, 1.165) is 6.07 Å². The van der Waals surface area contributed by atoms with Gasteiger partial charge in [0.15, 0.2) is 0 Å². The predicted octanol–water partition coefficient (Wildman–Crippen LogP) is 1.87. The van der Waals surface area contributed by atoms with Crippen LogP contribution in [0.3, 0.4) is 0 Å². The summed E-state index contributed by atoms with van der Waals surface area (Å²) in [6.07, 6.45) is 0.472. The lowest BCUT2D eigenvalue weighted by molar-refractivity contribution is 0.0940. The van der Waals surface area contributed by atoms with E-state index in [1.54, 1.807) is 6.92 Å². The molecule has 0 aliphatic rings. The second-order valence-electron chi connectivity index (χ2n) is 3.41. The lowest BCUT2D eigenvalue weighted by Gasteiger charge is -2.10. The number of rotatable bonds is 4. The first-order valence-corrected chi connectivity index (χ1v) is 5.16. The Morgan fingerprint density at radius 3 is 2.82 bits per heavy atom. The number of carbonyl (C=O) groups is 1. The van der Waals surface area contributed by atoms with E-state index in [0.29, 0.717) is 12.2 Å². The zero-order valence-electron chi connectivity index (χ0n) is 9.66. The van der Waals surface area contributed by atoms with E-state index in [9.17, 15) is 9.18 Å². The third kappa shape index (κ3) is 3.18. The van der Waals surface area contributed by atoms with Crippen LogP contribution in [0.15, 0.2) is 18.2 Å². The van der Waals surface area contributed by atoms with Crippen molar-refractivity contribution in [2.24, 2.45) is 0 Å². The molecule has 90 valence electrons. The van der Waals surface area contributed by atoms with E-state index in [-0.39, 0.29) is 5.56 Å². The van der Waals surface area contributed by atoms with Crippen LogP contribution in [0.2, 0.25) is 0 Å². The number of benzene rings is 1. The third-order valence-electron chi connectivity index (χ3n) is 2.29. The average Bonchev–Trinajstić information content (AvgIpc) is 2.35. The van der Waals surface area contributed by atoms with Crippen molar-refractivity contribution in [2.45, 2.75) is 19.4 Å². The van der Waals surface area contributed by atoms with Gasteiger partial charge in [0, 0.05) is 6.07 Å². The van der Waals surface area contributed by atoms with Crippen molar-refractivity contribution in [3.05, 3.63) is 29.6 Å². The Bertz CT molecular complexity index is 454. The van der Waals surface area contributed by atoms with Gasteiger partial charge in [0.05, 0.1) is 18.7 Å². The number of halogens is 1. The highest BCUT2D eigenvalue weighted by atomic mass is 19.1. The number of nitrogens with one attached hydrogen (secondary N) is 1. The highest BCUT2D eigenvalue weighted by molar-refractivity contribution is 5.95. The lowest BCUT2D eigenvalue weighted by atomic mass is 10.1. The van der Waals surface area contributed by atoms with Crippen LogP contribution in [-0.2, 0) is 0 Å². The third-order valence-corrected chi connectivity index (χ3v) is 2.29. The zero-order valence-corrected chi connectivity index (χ0v) is 9.66. The smallest absolute Gasteiger partial charge is 0.255 e. The van der Waals surface area contributed by atoms with E-state index >= 15 is 0 Å². The molecule has 0 aromatic heterocycles. The number of ether oxygens (including phenoxy) is 1. The van der Waals surface area contributed by atoms with Gasteiger partial charge in [0.2, 0.25) is 0 Å². The molecule has 0 aliphatic heterocycles. The van der Waals surface area contributed by atoms with Gasteiger partial charge in [-0.05, 0) is 18.6 Å². The Morgan fingerprint density at radius 1 is 1.65 bits per heavy atom. The van der Waals surface area contributed by atoms with Crippen molar-refractivity contribution in [1.82, 2.24) is 5.32 Å². The highest BCUT2D eigenvalue weighted by Crippen LogP contribution is 2.16. The summed E-state index contributed by atoms with van der Waals surface area (Å²) in [5.41, 5.74) is -0.0977. The summed E-state index contributed by atoms with van der Waals surface area (Å²) in [5, 5.41) is 11.1. The quantitative estimate of drug-likeness (QED) is 0.868. The Hall–Kier alpha value is -2.09. The summed E-state index contributed by atoms with van der Waals surface area (Å²) in [7, 11) is 1.41. The summed E-state index contributed by atoms with van der Waals surface area (Å²) in [5.74, 6) is -0.931. The summed E-state index contributed by atoms with van der Waals surface area (Å²) in [6, 6.07) is 5.25. The minimum Gasteiger partial charge on any atom is -0.497 e. The van der Waals surface area contributed by atoms with Gasteiger partial charge in [0.25, 0.3) is 5.91 Å². The van der Waals surface area contributed by atoms with Crippen LogP contribution < -0.4 is 10.1 Å². The van der Waals surface area contributed by atoms with Gasteiger partial charge in [-0.2, -0.15) is 5.26 Å². The van der Waals surface area contributed by atoms with Gasteiger partial charge in [0.1, 0.15) is 17.6 Å². The molecule has 0 heterocycles. The molecule has 1 N–H and O–H groups in total. The molecule has 0 fully saturated rings. The Morgan fingerprint density at radius 2 is 2.35 bits per heavy atom. The van der Waals surface area contributed by atoms with Crippen molar-refractivity contribution in [3.63, 3.8) is 0 Å². The van der Waals surface area contributed by atoms with Crippen LogP contribution in [-0.4, -0.2) is 19.1 Å². The van der Waals surface area contributed by atoms with Crippen molar-refractivity contribution >= 4 is 5.91 Å². The van der Waals surface area contributed by atoms with Gasteiger partial charge < -0.3 is 10.1 Å². The van der Waals surface area contributed by atoms with Crippen molar-refractivity contribution in [2.75, 3.05) is 7.11 Å². The molecule has 0 saturated heterocycles. The van der Waals surface area contributed by atoms with Crippen LogP contribution in [0.1, 0.15) is 23.7 Å². The molecule has 0 saturated carbocycles. The minimum absolute atomic E-state index is 0.0977. The fourth-order valence-electron chi connectivity index (χ4n) is 1.27. The largest absolute Gasteiger partial charge is 0.497 e. The number of nitriles is 1. The van der Waals surface area contributed by atoms with Crippen LogP contribution in [0.4, 0.5) is 4.39 Å². The normalized spacial score (nSPS) is 11.4. The number of nitrogens with zero attached hydrogens (tertiary/aromatic N) is 1. The van der Waals surface area contributed by atoms with Gasteiger partial charge in [-0.25, -0.2) is 4.39 Å². The molecule has 0 bridgehead atoms. The van der Waals surface area contributed by atoms with Crippen LogP contribution in [0.5, 0.6) is 5.75 Å². The molecule has 1 amide bonds. The molecule has 17 heavy (non-hydrogen) atoms. The molecular formula is C12H13FN2O2. The number of methoxy groups -OCH3 is 1. The Labute approximate surface area is 99.0 Å². The zero-order chi connectivity index (χ0) is 12.8. The highest BCUT2D eigenvalue weighted by Gasteiger charge is 2.15. The monoisotopic (exact) mass is 236 g/mol. The maximum atomic E-state index is 13.5. The van der Waals surface area contributed by atoms with E-state index in [2.05, 4.69) is 5.32 Å². The molecule has 0 radical (unpaired) electrons. The number of hydrogen-bond acceptors (Lipinski definition) is 3. The van der Waals surface area contributed by atoms with Gasteiger partial charge >= 0.3 is 0 Å². The lowest BCUT2D eigenvalue weighted by Crippen LogP contribution is -2.33. The van der Waals surface area contributed by atoms with Crippen molar-refractivity contribution in [3.8, 4) is 11.8 Å². The molecule has 1 unspecified atom stereocenters. The van der Waals surface area contributed by atoms with Crippen LogP contribution in [0.25, 0.3) is 0 Å². The molecule has 1 aromatic rings. The number of carbonyl (C=O) groups excluding carboxylic acids is 1. The first kappa shape index (κ1) is 13.0. The van der Waals surface area contributed by atoms with Crippen molar-refractivity contribution < 1.29 is 13.9 Å². The van der Waals surface area contributed by atoms with Gasteiger partial charge in [-0.1, -0.05) is 6.92 Å². The van der Waals surface area contributed by atoms with Crippen molar-refractivity contribution in [1.29, 1.82) is 5.26 Å². The van der Waals surface area contributed by atoms with E-state index in [1.165, 1.54) is 19.2 Å². The summed E-state index contributed by atoms with van der Waals surface area (Å²) in [6.45, 7) is 1.76. The average molecular weight is 236 g/mol. The Balaban J connectivity index is 2.86. The van der Waals surface area contributed by atoms with Gasteiger partial charge in [-0.3, -0.25) is 4.79 Å². The standard InChI is InChI=1S/C12H13FN2O2/c1-3-8(7-14)15-12(16)10-5-4-9(17-2)6-11(10)13/h4-6,8H,3H2,1-2H3,(H,15,16). The van der Waals surface area contributed by atoms with E-state index in [4.69, 9.17) is 10.00 Å². The van der Waals surface area contributed by atoms with Crippen LogP contribution >= 0.6 is 0 Å². The fraction of sp³-hybridized carbons (Fsp3) is 0.333. The second kappa shape index (κ2) is 5.85. The summed E-state index contributed by atoms with van der Waals surface area (Å²) < 4.78 is 18.4. The number of hydrogen-bond donors (Lipinski definition) is 1. The van der Waals surface area contributed by atoms with E-state index in [1.807, 2.05) is 6.07 Å². The van der Waals surface area contributed by atoms with Gasteiger partial charge in [-0.15, -0.1) is 0 Å². The predicted molar refractivity (Wildman–Crippen MR) is 60.1 cm³/mol. The molecule has 1 rings (SSSR count). The Kier molecular flexibility index (Phi) is 4.46. The van der Waals surface area contributed by atoms with Crippen LogP contribution in [0, 0.1) is 17.1 Å². The fourth-order valence-corrected chi connectivity index (χ4v) is 1.27. The molecule has 0 aliphatic carbocycles. The molecule has 5 heteroatoms. The van der Waals surface area contributed by atoms with E-state index < -0.39 is 17.8 Å². The summed E-state index contributed by atoms with van der Waals surface area (Å²) >= 11 is 0. The molecular weight excluding hydrogens is 223 g/mol. The summed E-state index contributed by atoms with van der Waals surface area (Å²) in [4.78, 5) is 11.7. The minimum atomic E-state index is -0.672. The number of amides is 1. The SMILES string of the molecule is CCC(C#N)NC(=O)c1ccc(OC)cc1F. The first-order chi connectivity index (χ1) is 8.12. The first-order valence-electron chi connectivity index (χ1n) is 5.16. The molecule has 0 spiro atoms. The second-order valence-corrected chi connectivity index (χ2v) is 3.41. The maximum Gasteiger partial charge on any atom is 0.255 e.